The number of hydrogen-bond donors (Lipinski definition) is 6. The van der Waals surface area contributed by atoms with E-state index in [0.29, 0.717) is 24.0 Å². The van der Waals surface area contributed by atoms with Gasteiger partial charge in [-0.25, -0.2) is 29.2 Å². The Hall–Kier alpha value is -6.04. The molecule has 0 fully saturated rings. The molecule has 224 valence electrons. The zero-order valence-corrected chi connectivity index (χ0v) is 23.4. The molecule has 6 N–H and O–H groups in total. The van der Waals surface area contributed by atoms with Crippen LogP contribution < -0.4 is 0 Å². The lowest BCUT2D eigenvalue weighted by Crippen LogP contribution is -2.12. The van der Waals surface area contributed by atoms with Gasteiger partial charge >= 0.3 is 23.9 Å². The molecule has 12 heteroatoms. The Morgan fingerprint density at radius 3 is 1.09 bits per heavy atom. The number of benzene rings is 4. The van der Waals surface area contributed by atoms with Gasteiger partial charge < -0.3 is 30.6 Å². The first-order valence-electron chi connectivity index (χ1n) is 13.2. The second-order valence-corrected chi connectivity index (χ2v) is 9.57. The van der Waals surface area contributed by atoms with Crippen molar-refractivity contribution in [1.82, 2.24) is 0 Å². The van der Waals surface area contributed by atoms with Gasteiger partial charge in [0.1, 0.15) is 0 Å². The van der Waals surface area contributed by atoms with Crippen LogP contribution in [0.2, 0.25) is 0 Å². The van der Waals surface area contributed by atoms with E-state index in [-0.39, 0.29) is 44.4 Å². The number of fused-ring (bicyclic) bond motifs is 1. The third kappa shape index (κ3) is 5.95. The van der Waals surface area contributed by atoms with Crippen molar-refractivity contribution in [2.45, 2.75) is 26.7 Å². The number of aliphatic imine (C=N–C) groups is 2. The Bertz CT molecular complexity index is 1790. The van der Waals surface area contributed by atoms with Crippen LogP contribution >= 0.6 is 0 Å². The summed E-state index contributed by atoms with van der Waals surface area (Å²) in [6.45, 7) is 3.65. The molecule has 0 amide bonds. The number of aliphatic hydroxyl groups is 2. The Kier molecular flexibility index (Phi) is 8.75. The van der Waals surface area contributed by atoms with Crippen molar-refractivity contribution in [3.05, 3.63) is 105 Å². The highest BCUT2D eigenvalue weighted by Gasteiger charge is 2.25. The first-order chi connectivity index (χ1) is 20.9. The van der Waals surface area contributed by atoms with Gasteiger partial charge in [-0.15, -0.1) is 0 Å². The average Bonchev–Trinajstić information content (AvgIpc) is 2.99. The fourth-order valence-electron chi connectivity index (χ4n) is 4.72. The topological polar surface area (TPSA) is 214 Å². The van der Waals surface area contributed by atoms with E-state index in [0.717, 1.165) is 12.1 Å². The zero-order chi connectivity index (χ0) is 32.3. The van der Waals surface area contributed by atoms with E-state index in [1.165, 1.54) is 36.4 Å². The Morgan fingerprint density at radius 1 is 0.477 bits per heavy atom. The van der Waals surface area contributed by atoms with Crippen molar-refractivity contribution in [1.29, 1.82) is 0 Å². The van der Waals surface area contributed by atoms with Crippen molar-refractivity contribution < 1.29 is 49.8 Å². The highest BCUT2D eigenvalue weighted by Crippen LogP contribution is 2.33. The van der Waals surface area contributed by atoms with Gasteiger partial charge in [-0.3, -0.25) is 0 Å². The first-order valence-corrected chi connectivity index (χ1v) is 13.2. The maximum absolute atomic E-state index is 12.3. The summed E-state index contributed by atoms with van der Waals surface area (Å²) in [6, 6.07) is 13.1. The maximum Gasteiger partial charge on any atom is 0.337 e. The molecule has 4 aromatic carbocycles. The third-order valence-electron chi connectivity index (χ3n) is 6.96. The van der Waals surface area contributed by atoms with E-state index in [2.05, 4.69) is 9.98 Å². The van der Waals surface area contributed by atoms with E-state index in [4.69, 9.17) is 0 Å². The van der Waals surface area contributed by atoms with Crippen LogP contribution in [0.4, 0.5) is 11.4 Å². The van der Waals surface area contributed by atoms with Gasteiger partial charge in [0.05, 0.1) is 33.6 Å². The third-order valence-corrected chi connectivity index (χ3v) is 6.96. The van der Waals surface area contributed by atoms with Gasteiger partial charge in [0.15, 0.2) is 0 Å². The predicted octanol–water partition coefficient (Wildman–Crippen LogP) is 6.03. The van der Waals surface area contributed by atoms with Crippen LogP contribution in [0, 0.1) is 0 Å². The standard InChI is InChI=1S/C32H26N2O10/c1-3-15-5-11-23(21(13-15)31(41)42)33-27(35)17-7-8-18(26-20(30(39)40)10-9-19(25(17)26)29(37)38)28(36)34-24-12-6-16(4-2)14-22(24)32(43)44/h5-14H,3-4H2,1-2H3,(H,33,35)(H,34,36)(H,37,38)(H,39,40)(H,41,42)(H,43,44). The van der Waals surface area contributed by atoms with E-state index in [9.17, 15) is 49.8 Å². The van der Waals surface area contributed by atoms with Crippen molar-refractivity contribution in [2.75, 3.05) is 0 Å². The Balaban J connectivity index is 2.05. The molecule has 12 nitrogen and oxygen atoms in total. The number of carbonyl (C=O) groups is 4. The summed E-state index contributed by atoms with van der Waals surface area (Å²) >= 11 is 0. The Labute approximate surface area is 249 Å². The lowest BCUT2D eigenvalue weighted by atomic mass is 9.91. The van der Waals surface area contributed by atoms with Crippen molar-refractivity contribution in [2.24, 2.45) is 9.98 Å². The molecular formula is C32H26N2O10. The quantitative estimate of drug-likeness (QED) is 0.0920. The number of nitrogens with zero attached hydrogens (tertiary/aromatic N) is 2. The number of rotatable bonds is 10. The molecule has 0 bridgehead atoms. The molecule has 44 heavy (non-hydrogen) atoms. The van der Waals surface area contributed by atoms with E-state index in [1.807, 2.05) is 13.8 Å². The lowest BCUT2D eigenvalue weighted by molar-refractivity contribution is 0.0684. The minimum atomic E-state index is -1.50. The smallest absolute Gasteiger partial charge is 0.337 e. The van der Waals surface area contributed by atoms with Crippen LogP contribution in [0.1, 0.15) is 77.5 Å². The SMILES string of the molecule is CCc1ccc(N=C(O)c2ccc(C(O)=Nc3ccc(CC)cc3C(=O)O)c3c(C(=O)O)ccc(C(=O)O)c23)c(C(=O)O)c1. The highest BCUT2D eigenvalue weighted by molar-refractivity contribution is 6.23. The first kappa shape index (κ1) is 30.9. The van der Waals surface area contributed by atoms with Crippen LogP contribution in [0.3, 0.4) is 0 Å². The van der Waals surface area contributed by atoms with Crippen LogP contribution in [0.15, 0.2) is 70.6 Å². The van der Waals surface area contributed by atoms with Gasteiger partial charge in [0.2, 0.25) is 11.8 Å². The second kappa shape index (κ2) is 12.4. The average molecular weight is 599 g/mol. The van der Waals surface area contributed by atoms with Crippen LogP contribution in [0.25, 0.3) is 10.8 Å². The summed E-state index contributed by atoms with van der Waals surface area (Å²) in [6.07, 6.45) is 1.06. The molecule has 4 rings (SSSR count). The molecule has 0 atom stereocenters. The van der Waals surface area contributed by atoms with Crippen molar-refractivity contribution in [3.8, 4) is 0 Å². The van der Waals surface area contributed by atoms with Crippen molar-refractivity contribution >= 4 is 57.8 Å². The predicted molar refractivity (Wildman–Crippen MR) is 161 cm³/mol. The van der Waals surface area contributed by atoms with Crippen LogP contribution in [-0.2, 0) is 12.8 Å². The number of aliphatic hydroxyl groups excluding tert-OH is 2. The molecule has 0 heterocycles. The van der Waals surface area contributed by atoms with Gasteiger partial charge in [0.25, 0.3) is 0 Å². The van der Waals surface area contributed by atoms with Crippen LogP contribution in [0.5, 0.6) is 0 Å². The monoisotopic (exact) mass is 598 g/mol. The molecule has 0 aliphatic rings. The number of hydrogen-bond acceptors (Lipinski definition) is 6. The van der Waals surface area contributed by atoms with E-state index < -0.39 is 46.8 Å². The molecule has 0 spiro atoms. The molecule has 0 aromatic heterocycles. The molecule has 0 aliphatic carbocycles. The Morgan fingerprint density at radius 2 is 0.795 bits per heavy atom. The summed E-state index contributed by atoms with van der Waals surface area (Å²) < 4.78 is 0. The summed E-state index contributed by atoms with van der Waals surface area (Å²) in [7, 11) is 0. The summed E-state index contributed by atoms with van der Waals surface area (Å²) in [5, 5.41) is 60.9. The summed E-state index contributed by atoms with van der Waals surface area (Å²) in [5.74, 6) is -7.29. The van der Waals surface area contributed by atoms with E-state index in [1.54, 1.807) is 12.1 Å². The van der Waals surface area contributed by atoms with Gasteiger partial charge in [-0.2, -0.15) is 0 Å². The number of carboxylic acid groups (broad SMARTS) is 4. The maximum atomic E-state index is 12.3. The zero-order valence-electron chi connectivity index (χ0n) is 23.4. The summed E-state index contributed by atoms with van der Waals surface area (Å²) in [4.78, 5) is 56.4. The fraction of sp³-hybridized carbons (Fsp3) is 0.125. The highest BCUT2D eigenvalue weighted by atomic mass is 16.4. The molecular weight excluding hydrogens is 572 g/mol. The molecule has 4 aromatic rings. The van der Waals surface area contributed by atoms with Gasteiger partial charge in [0, 0.05) is 21.9 Å². The minimum absolute atomic E-state index is 0.142. The second-order valence-electron chi connectivity index (χ2n) is 9.57. The minimum Gasteiger partial charge on any atom is -0.493 e. The van der Waals surface area contributed by atoms with E-state index >= 15 is 0 Å². The molecule has 0 saturated carbocycles. The summed E-state index contributed by atoms with van der Waals surface area (Å²) in [5.41, 5.74) is -0.819. The van der Waals surface area contributed by atoms with Crippen molar-refractivity contribution in [3.63, 3.8) is 0 Å². The number of aromatic carboxylic acids is 4. The number of carboxylic acids is 4. The lowest BCUT2D eigenvalue weighted by Gasteiger charge is -2.15. The number of aryl methyl sites for hydroxylation is 2. The normalized spacial score (nSPS) is 11.9. The molecule has 0 unspecified atom stereocenters. The van der Waals surface area contributed by atoms with Crippen LogP contribution in [-0.4, -0.2) is 66.3 Å². The molecule has 0 saturated heterocycles. The van der Waals surface area contributed by atoms with Gasteiger partial charge in [-0.05, 0) is 72.5 Å². The van der Waals surface area contributed by atoms with Gasteiger partial charge in [-0.1, -0.05) is 26.0 Å². The largest absolute Gasteiger partial charge is 0.493 e. The molecule has 0 aliphatic heterocycles. The molecule has 0 radical (unpaired) electrons. The fourth-order valence-corrected chi connectivity index (χ4v) is 4.72.